The molecule has 0 atom stereocenters. The predicted molar refractivity (Wildman–Crippen MR) is 123 cm³/mol. The average Bonchev–Trinajstić information content (AvgIpc) is 3.40. The minimum Gasteiger partial charge on any atom is -0.349 e. The van der Waals surface area contributed by atoms with Crippen LogP contribution in [0.25, 0.3) is 5.52 Å². The Bertz CT molecular complexity index is 1120. The van der Waals surface area contributed by atoms with Gasteiger partial charge in [0.05, 0.1) is 22.9 Å². The van der Waals surface area contributed by atoms with Gasteiger partial charge in [-0.2, -0.15) is 5.10 Å². The molecule has 3 aromatic heterocycles. The summed E-state index contributed by atoms with van der Waals surface area (Å²) in [4.78, 5) is 27.5. The normalized spacial score (nSPS) is 18.7. The van der Waals surface area contributed by atoms with Crippen LogP contribution in [-0.2, 0) is 5.54 Å². The molecule has 168 valence electrons. The van der Waals surface area contributed by atoms with E-state index in [2.05, 4.69) is 31.2 Å². The molecule has 7 nitrogen and oxygen atoms in total. The summed E-state index contributed by atoms with van der Waals surface area (Å²) in [5.41, 5.74) is 2.51. The number of piperidine rings is 1. The number of hydrogen-bond acceptors (Lipinski definition) is 3. The van der Waals surface area contributed by atoms with Gasteiger partial charge in [-0.15, -0.1) is 0 Å². The van der Waals surface area contributed by atoms with Crippen molar-refractivity contribution in [3.8, 4) is 0 Å². The zero-order chi connectivity index (χ0) is 22.5. The van der Waals surface area contributed by atoms with Crippen molar-refractivity contribution in [2.24, 2.45) is 5.41 Å². The highest BCUT2D eigenvalue weighted by molar-refractivity contribution is 5.96. The summed E-state index contributed by atoms with van der Waals surface area (Å²) in [5.74, 6) is 0.0670. The van der Waals surface area contributed by atoms with E-state index in [4.69, 9.17) is 0 Å². The quantitative estimate of drug-likeness (QED) is 0.685. The fourth-order valence-corrected chi connectivity index (χ4v) is 5.11. The number of fused-ring (bicyclic) bond motifs is 1. The van der Waals surface area contributed by atoms with Crippen molar-refractivity contribution < 1.29 is 9.59 Å². The largest absolute Gasteiger partial charge is 0.349 e. The standard InChI is InChI=1S/C25H31N5O2/c1-24(2,3)30-17-19(15-26-30)23(32)28-10-7-25(8-11-28)13-20(14-25)27-22(31)18-12-21-6-4-5-9-29(21)16-18/h4-6,9,12,15-17,20H,7-8,10-11,13-14H2,1-3H3,(H,27,31). The van der Waals surface area contributed by atoms with Gasteiger partial charge in [-0.05, 0) is 70.1 Å². The maximum absolute atomic E-state index is 12.9. The second kappa shape index (κ2) is 7.50. The van der Waals surface area contributed by atoms with Gasteiger partial charge in [-0.25, -0.2) is 0 Å². The summed E-state index contributed by atoms with van der Waals surface area (Å²) in [6.07, 6.45) is 11.3. The lowest BCUT2D eigenvalue weighted by Crippen LogP contribution is -2.55. The number of likely N-dealkylation sites (tertiary alicyclic amines) is 1. The second-order valence-electron chi connectivity index (χ2n) is 10.5. The molecule has 1 saturated carbocycles. The molecule has 1 spiro atoms. The Kier molecular flexibility index (Phi) is 4.87. The van der Waals surface area contributed by atoms with Gasteiger partial charge in [-0.1, -0.05) is 6.07 Å². The van der Waals surface area contributed by atoms with Gasteiger partial charge in [-0.3, -0.25) is 14.3 Å². The van der Waals surface area contributed by atoms with E-state index in [0.717, 1.165) is 44.3 Å². The molecule has 1 saturated heterocycles. The third-order valence-corrected chi connectivity index (χ3v) is 7.09. The SMILES string of the molecule is CC(C)(C)n1cc(C(=O)N2CCC3(CC2)CC(NC(=O)c2cc4ccccn4c2)C3)cn1. The van der Waals surface area contributed by atoms with Crippen LogP contribution in [0.2, 0.25) is 0 Å². The molecule has 1 aliphatic heterocycles. The van der Waals surface area contributed by atoms with Gasteiger partial charge >= 0.3 is 0 Å². The molecule has 7 heteroatoms. The van der Waals surface area contributed by atoms with Crippen LogP contribution >= 0.6 is 0 Å². The fourth-order valence-electron chi connectivity index (χ4n) is 5.11. The number of nitrogens with one attached hydrogen (secondary N) is 1. The van der Waals surface area contributed by atoms with Gasteiger partial charge < -0.3 is 14.6 Å². The zero-order valence-electron chi connectivity index (χ0n) is 19.0. The summed E-state index contributed by atoms with van der Waals surface area (Å²) in [6, 6.07) is 8.07. The molecule has 0 radical (unpaired) electrons. The van der Waals surface area contributed by atoms with Gasteiger partial charge in [0.1, 0.15) is 0 Å². The molecule has 0 bridgehead atoms. The first-order valence-electron chi connectivity index (χ1n) is 11.4. The molecule has 32 heavy (non-hydrogen) atoms. The molecule has 2 aliphatic rings. The molecule has 2 fully saturated rings. The number of nitrogens with zero attached hydrogens (tertiary/aromatic N) is 4. The maximum Gasteiger partial charge on any atom is 0.257 e. The number of carbonyl (C=O) groups is 2. The van der Waals surface area contributed by atoms with E-state index in [1.807, 2.05) is 56.8 Å². The number of hydrogen-bond donors (Lipinski definition) is 1. The zero-order valence-corrected chi connectivity index (χ0v) is 19.0. The van der Waals surface area contributed by atoms with E-state index >= 15 is 0 Å². The van der Waals surface area contributed by atoms with Crippen LogP contribution in [0.15, 0.2) is 49.1 Å². The molecular formula is C25H31N5O2. The Morgan fingerprint density at radius 3 is 2.50 bits per heavy atom. The minimum absolute atomic E-state index is 0.00276. The number of amides is 2. The molecule has 1 aliphatic carbocycles. The van der Waals surface area contributed by atoms with Gasteiger partial charge in [0, 0.05) is 43.2 Å². The average molecular weight is 434 g/mol. The summed E-state index contributed by atoms with van der Waals surface area (Å²) in [6.45, 7) is 7.76. The molecular weight excluding hydrogens is 402 g/mol. The van der Waals surface area contributed by atoms with Gasteiger partial charge in [0.25, 0.3) is 11.8 Å². The monoisotopic (exact) mass is 433 g/mol. The predicted octanol–water partition coefficient (Wildman–Crippen LogP) is 3.71. The first-order chi connectivity index (χ1) is 15.2. The summed E-state index contributed by atoms with van der Waals surface area (Å²) < 4.78 is 3.81. The first-order valence-corrected chi connectivity index (χ1v) is 11.4. The van der Waals surface area contributed by atoms with Gasteiger partial charge in [0.15, 0.2) is 0 Å². The molecule has 1 N–H and O–H groups in total. The smallest absolute Gasteiger partial charge is 0.257 e. The molecule has 2 amide bonds. The van der Waals surface area contributed by atoms with Gasteiger partial charge in [0.2, 0.25) is 0 Å². The fraction of sp³-hybridized carbons (Fsp3) is 0.480. The third-order valence-electron chi connectivity index (χ3n) is 7.09. The second-order valence-corrected chi connectivity index (χ2v) is 10.5. The summed E-state index contributed by atoms with van der Waals surface area (Å²) >= 11 is 0. The van der Waals surface area contributed by atoms with Crippen molar-refractivity contribution in [3.05, 3.63) is 60.2 Å². The topological polar surface area (TPSA) is 71.6 Å². The van der Waals surface area contributed by atoms with Crippen LogP contribution in [0.1, 0.15) is 67.2 Å². The lowest BCUT2D eigenvalue weighted by molar-refractivity contribution is 0.00863. The Hall–Kier alpha value is -3.09. The van der Waals surface area contributed by atoms with Crippen LogP contribution in [-0.4, -0.2) is 50.0 Å². The number of rotatable bonds is 3. The van der Waals surface area contributed by atoms with Crippen molar-refractivity contribution in [3.63, 3.8) is 0 Å². The van der Waals surface area contributed by atoms with Crippen molar-refractivity contribution in [1.29, 1.82) is 0 Å². The highest BCUT2D eigenvalue weighted by atomic mass is 16.2. The van der Waals surface area contributed by atoms with E-state index < -0.39 is 0 Å². The van der Waals surface area contributed by atoms with Crippen molar-refractivity contribution in [1.82, 2.24) is 24.4 Å². The molecule has 5 rings (SSSR count). The Morgan fingerprint density at radius 2 is 1.84 bits per heavy atom. The summed E-state index contributed by atoms with van der Waals surface area (Å²) in [7, 11) is 0. The Balaban J connectivity index is 1.13. The highest BCUT2D eigenvalue weighted by Gasteiger charge is 2.47. The lowest BCUT2D eigenvalue weighted by atomic mass is 9.60. The lowest BCUT2D eigenvalue weighted by Gasteiger charge is -2.52. The number of aromatic nitrogens is 3. The maximum atomic E-state index is 12.9. The van der Waals surface area contributed by atoms with E-state index in [-0.39, 0.29) is 28.8 Å². The minimum atomic E-state index is -0.135. The third kappa shape index (κ3) is 3.80. The van der Waals surface area contributed by atoms with Crippen LogP contribution in [0.3, 0.4) is 0 Å². The molecule has 3 aromatic rings. The molecule has 0 unspecified atom stereocenters. The van der Waals surface area contributed by atoms with Crippen molar-refractivity contribution in [2.75, 3.05) is 13.1 Å². The van der Waals surface area contributed by atoms with Crippen molar-refractivity contribution in [2.45, 2.75) is 58.0 Å². The highest BCUT2D eigenvalue weighted by Crippen LogP contribution is 2.49. The molecule has 4 heterocycles. The van der Waals surface area contributed by atoms with E-state index in [9.17, 15) is 9.59 Å². The first kappa shape index (κ1) is 20.8. The Labute approximate surface area is 188 Å². The van der Waals surface area contributed by atoms with Crippen molar-refractivity contribution >= 4 is 17.3 Å². The van der Waals surface area contributed by atoms with Crippen LogP contribution in [0.4, 0.5) is 0 Å². The van der Waals surface area contributed by atoms with Crippen LogP contribution < -0.4 is 5.32 Å². The Morgan fingerprint density at radius 1 is 1.09 bits per heavy atom. The van der Waals surface area contributed by atoms with E-state index in [1.165, 1.54) is 0 Å². The van der Waals surface area contributed by atoms with E-state index in [1.54, 1.807) is 6.20 Å². The number of carbonyl (C=O) groups excluding carboxylic acids is 2. The number of pyridine rings is 1. The summed E-state index contributed by atoms with van der Waals surface area (Å²) in [5, 5.41) is 7.56. The molecule has 0 aromatic carbocycles. The van der Waals surface area contributed by atoms with Crippen LogP contribution in [0.5, 0.6) is 0 Å². The van der Waals surface area contributed by atoms with E-state index in [0.29, 0.717) is 11.1 Å². The van der Waals surface area contributed by atoms with Crippen LogP contribution in [0, 0.1) is 5.41 Å².